The summed E-state index contributed by atoms with van der Waals surface area (Å²) in [6, 6.07) is 9.87. The van der Waals surface area contributed by atoms with Crippen molar-refractivity contribution in [1.29, 1.82) is 0 Å². The van der Waals surface area contributed by atoms with Gasteiger partial charge < -0.3 is 10.4 Å². The molecule has 1 aliphatic heterocycles. The molecular weight excluding hydrogens is 372 g/mol. The fraction of sp³-hybridized carbons (Fsp3) is 0.118. The van der Waals surface area contributed by atoms with Crippen LogP contribution in [0.5, 0.6) is 0 Å². The summed E-state index contributed by atoms with van der Waals surface area (Å²) in [4.78, 5) is 32.9. The third kappa shape index (κ3) is 4.44. The van der Waals surface area contributed by atoms with Crippen LogP contribution < -0.4 is 5.32 Å². The highest BCUT2D eigenvalue weighted by atomic mass is 32.2. The van der Waals surface area contributed by atoms with Crippen LogP contribution in [0.1, 0.15) is 11.1 Å². The number of hydrogen-bond acceptors (Lipinski definition) is 7. The van der Waals surface area contributed by atoms with Crippen molar-refractivity contribution in [2.75, 3.05) is 11.9 Å². The van der Waals surface area contributed by atoms with Crippen molar-refractivity contribution < 1.29 is 14.7 Å². The number of carbonyl (C=O) groups is 2. The van der Waals surface area contributed by atoms with Crippen LogP contribution in [0.3, 0.4) is 0 Å². The van der Waals surface area contributed by atoms with Gasteiger partial charge in [0.2, 0.25) is 5.95 Å². The van der Waals surface area contributed by atoms with Gasteiger partial charge in [0.15, 0.2) is 0 Å². The summed E-state index contributed by atoms with van der Waals surface area (Å²) in [7, 11) is 0. The summed E-state index contributed by atoms with van der Waals surface area (Å²) in [5.41, 5.74) is 1.74. The first kappa shape index (κ1) is 18.0. The molecule has 2 aromatic rings. The number of nitrogens with zero attached hydrogens (tertiary/aromatic N) is 3. The minimum absolute atomic E-state index is 0.228. The maximum absolute atomic E-state index is 12.2. The summed E-state index contributed by atoms with van der Waals surface area (Å²) in [5.74, 6) is -1.06. The quantitative estimate of drug-likeness (QED) is 0.577. The van der Waals surface area contributed by atoms with Gasteiger partial charge in [-0.05, 0) is 11.6 Å². The molecule has 132 valence electrons. The molecule has 0 spiro atoms. The van der Waals surface area contributed by atoms with Crippen molar-refractivity contribution in [3.05, 3.63) is 58.8 Å². The number of benzene rings is 1. The predicted molar refractivity (Wildman–Crippen MR) is 103 cm³/mol. The molecule has 0 bridgehead atoms. The first-order valence-corrected chi connectivity index (χ1v) is 8.82. The van der Waals surface area contributed by atoms with E-state index in [-0.39, 0.29) is 4.32 Å². The Kier molecular flexibility index (Phi) is 5.59. The number of thioether (sulfide) groups is 1. The summed E-state index contributed by atoms with van der Waals surface area (Å²) in [5, 5.41) is 12.0. The number of carboxylic acid groups (broad SMARTS) is 1. The molecule has 7 nitrogen and oxygen atoms in total. The minimum atomic E-state index is -1.11. The Bertz CT molecular complexity index is 869. The molecule has 26 heavy (non-hydrogen) atoms. The number of rotatable bonds is 6. The van der Waals surface area contributed by atoms with E-state index in [0.717, 1.165) is 22.2 Å². The van der Waals surface area contributed by atoms with Crippen molar-refractivity contribution in [3.63, 3.8) is 0 Å². The first-order chi connectivity index (χ1) is 12.5. The van der Waals surface area contributed by atoms with Gasteiger partial charge in [-0.25, -0.2) is 9.97 Å². The van der Waals surface area contributed by atoms with E-state index in [1.165, 1.54) is 0 Å². The highest BCUT2D eigenvalue weighted by Gasteiger charge is 2.33. The van der Waals surface area contributed by atoms with E-state index in [9.17, 15) is 9.59 Å². The van der Waals surface area contributed by atoms with Gasteiger partial charge in [0.1, 0.15) is 10.9 Å². The highest BCUT2D eigenvalue weighted by Crippen LogP contribution is 2.32. The van der Waals surface area contributed by atoms with Crippen LogP contribution in [-0.4, -0.2) is 42.7 Å². The topological polar surface area (TPSA) is 95.4 Å². The van der Waals surface area contributed by atoms with Crippen LogP contribution in [0.15, 0.2) is 47.6 Å². The molecule has 9 heteroatoms. The van der Waals surface area contributed by atoms with Gasteiger partial charge in [0.25, 0.3) is 5.91 Å². The standard InChI is InChI=1S/C17H14N4O3S2/c22-14(23)10-21-15(24)13(26-17(21)25)6-12-8-19-16(20-9-12)18-7-11-4-2-1-3-5-11/h1-6,8-9H,7,10H2,(H,22,23)(H,18,19,20)/b13-6-. The largest absolute Gasteiger partial charge is 0.480 e. The van der Waals surface area contributed by atoms with E-state index in [1.807, 2.05) is 30.3 Å². The third-order valence-corrected chi connectivity index (χ3v) is 4.81. The van der Waals surface area contributed by atoms with E-state index < -0.39 is 18.4 Å². The Morgan fingerprint density at radius 3 is 2.62 bits per heavy atom. The molecule has 1 aromatic heterocycles. The Morgan fingerprint density at radius 1 is 1.27 bits per heavy atom. The van der Waals surface area contributed by atoms with E-state index in [4.69, 9.17) is 17.3 Å². The lowest BCUT2D eigenvalue weighted by molar-refractivity contribution is -0.140. The van der Waals surface area contributed by atoms with Crippen molar-refractivity contribution in [1.82, 2.24) is 14.9 Å². The molecule has 0 atom stereocenters. The molecule has 0 aliphatic carbocycles. The smallest absolute Gasteiger partial charge is 0.323 e. The number of anilines is 1. The van der Waals surface area contributed by atoms with E-state index >= 15 is 0 Å². The molecule has 2 N–H and O–H groups in total. The number of aromatic nitrogens is 2. The molecule has 1 saturated heterocycles. The van der Waals surface area contributed by atoms with Gasteiger partial charge in [-0.3, -0.25) is 14.5 Å². The zero-order chi connectivity index (χ0) is 18.5. The number of hydrogen-bond donors (Lipinski definition) is 2. The third-order valence-electron chi connectivity index (χ3n) is 3.43. The van der Waals surface area contributed by atoms with Gasteiger partial charge in [-0.2, -0.15) is 0 Å². The van der Waals surface area contributed by atoms with Crippen LogP contribution in [0, 0.1) is 0 Å². The second kappa shape index (κ2) is 8.07. The van der Waals surface area contributed by atoms with Crippen molar-refractivity contribution >= 4 is 52.2 Å². The van der Waals surface area contributed by atoms with Gasteiger partial charge in [0.05, 0.1) is 4.91 Å². The predicted octanol–water partition coefficient (Wildman–Crippen LogP) is 2.37. The molecule has 2 heterocycles. The maximum atomic E-state index is 12.2. The lowest BCUT2D eigenvalue weighted by atomic mass is 10.2. The Balaban J connectivity index is 1.65. The Hall–Kier alpha value is -2.78. The van der Waals surface area contributed by atoms with Crippen LogP contribution in [-0.2, 0) is 16.1 Å². The molecule has 1 fully saturated rings. The van der Waals surface area contributed by atoms with Crippen LogP contribution in [0.4, 0.5) is 5.95 Å². The molecule has 1 amide bonds. The van der Waals surface area contributed by atoms with E-state index in [0.29, 0.717) is 23.0 Å². The average molecular weight is 386 g/mol. The fourth-order valence-electron chi connectivity index (χ4n) is 2.20. The van der Waals surface area contributed by atoms with Crippen molar-refractivity contribution in [2.45, 2.75) is 6.54 Å². The average Bonchev–Trinajstić information content (AvgIpc) is 2.89. The fourth-order valence-corrected chi connectivity index (χ4v) is 3.46. The SMILES string of the molecule is O=C(O)CN1C(=O)/C(=C/c2cnc(NCc3ccccc3)nc2)SC1=S. The number of carboxylic acids is 1. The highest BCUT2D eigenvalue weighted by molar-refractivity contribution is 8.26. The van der Waals surface area contributed by atoms with Gasteiger partial charge in [0, 0.05) is 24.5 Å². The van der Waals surface area contributed by atoms with E-state index in [1.54, 1.807) is 18.5 Å². The first-order valence-electron chi connectivity index (χ1n) is 7.60. The van der Waals surface area contributed by atoms with Crippen LogP contribution in [0.25, 0.3) is 6.08 Å². The normalized spacial score (nSPS) is 15.5. The molecule has 3 rings (SSSR count). The second-order valence-electron chi connectivity index (χ2n) is 5.34. The number of thiocarbonyl (C=S) groups is 1. The summed E-state index contributed by atoms with van der Waals surface area (Å²) >= 11 is 6.12. The van der Waals surface area contributed by atoms with Gasteiger partial charge >= 0.3 is 5.97 Å². The molecule has 0 unspecified atom stereocenters. The maximum Gasteiger partial charge on any atom is 0.323 e. The zero-order valence-corrected chi connectivity index (χ0v) is 15.1. The van der Waals surface area contributed by atoms with Crippen LogP contribution >= 0.6 is 24.0 Å². The molecule has 0 radical (unpaired) electrons. The summed E-state index contributed by atoms with van der Waals surface area (Å²) in [6.45, 7) is 0.162. The molecular formula is C17H14N4O3S2. The zero-order valence-electron chi connectivity index (χ0n) is 13.5. The molecule has 1 aromatic carbocycles. The number of carbonyl (C=O) groups excluding carboxylic acids is 1. The number of amides is 1. The van der Waals surface area contributed by atoms with Crippen molar-refractivity contribution in [2.24, 2.45) is 0 Å². The summed E-state index contributed by atoms with van der Waals surface area (Å²) in [6.07, 6.45) is 4.77. The molecule has 0 saturated carbocycles. The lowest BCUT2D eigenvalue weighted by Gasteiger charge is -2.10. The Morgan fingerprint density at radius 2 is 1.96 bits per heavy atom. The minimum Gasteiger partial charge on any atom is -0.480 e. The summed E-state index contributed by atoms with van der Waals surface area (Å²) < 4.78 is 0.228. The van der Waals surface area contributed by atoms with Gasteiger partial charge in [-0.1, -0.05) is 54.3 Å². The van der Waals surface area contributed by atoms with Crippen molar-refractivity contribution in [3.8, 4) is 0 Å². The van der Waals surface area contributed by atoms with Gasteiger partial charge in [-0.15, -0.1) is 0 Å². The lowest BCUT2D eigenvalue weighted by Crippen LogP contribution is -2.33. The monoisotopic (exact) mass is 386 g/mol. The Labute approximate surface area is 159 Å². The second-order valence-corrected chi connectivity index (χ2v) is 7.02. The number of nitrogens with one attached hydrogen (secondary N) is 1. The van der Waals surface area contributed by atoms with E-state index in [2.05, 4.69) is 15.3 Å². The van der Waals surface area contributed by atoms with Crippen LogP contribution in [0.2, 0.25) is 0 Å². The molecule has 1 aliphatic rings. The number of aliphatic carboxylic acids is 1.